The van der Waals surface area contributed by atoms with Crippen molar-refractivity contribution < 1.29 is 9.63 Å². The van der Waals surface area contributed by atoms with Crippen LogP contribution in [0.4, 0.5) is 5.69 Å². The van der Waals surface area contributed by atoms with Gasteiger partial charge in [0, 0.05) is 0 Å². The molecule has 1 aromatic rings. The van der Waals surface area contributed by atoms with Crippen molar-refractivity contribution in [3.05, 3.63) is 29.3 Å². The molecule has 6 heteroatoms. The van der Waals surface area contributed by atoms with Gasteiger partial charge in [-0.2, -0.15) is 10.2 Å². The summed E-state index contributed by atoms with van der Waals surface area (Å²) in [7, 11) is 0. The molecule has 1 aromatic carbocycles. The van der Waals surface area contributed by atoms with Gasteiger partial charge in [-0.15, -0.1) is 0 Å². The molecule has 5 nitrogen and oxygen atoms in total. The fraction of sp³-hybridized carbons (Fsp3) is 0.200. The lowest BCUT2D eigenvalue weighted by Crippen LogP contribution is -2.19. The van der Waals surface area contributed by atoms with Crippen LogP contribution in [-0.4, -0.2) is 17.7 Å². The lowest BCUT2D eigenvalue weighted by molar-refractivity contribution is -0.141. The van der Waals surface area contributed by atoms with E-state index in [0.29, 0.717) is 16.4 Å². The second kappa shape index (κ2) is 4.40. The molecule has 0 N–H and O–H groups in total. The van der Waals surface area contributed by atoms with Gasteiger partial charge in [-0.25, -0.2) is 4.79 Å². The van der Waals surface area contributed by atoms with Gasteiger partial charge in [-0.1, -0.05) is 28.9 Å². The highest BCUT2D eigenvalue weighted by molar-refractivity contribution is 6.32. The third-order valence-electron chi connectivity index (χ3n) is 2.03. The predicted octanol–water partition coefficient (Wildman–Crippen LogP) is 2.73. The van der Waals surface area contributed by atoms with Crippen molar-refractivity contribution in [3.8, 4) is 0 Å². The van der Waals surface area contributed by atoms with E-state index in [4.69, 9.17) is 11.6 Å². The molecule has 0 radical (unpaired) electrons. The van der Waals surface area contributed by atoms with Crippen molar-refractivity contribution in [2.24, 2.45) is 15.4 Å². The van der Waals surface area contributed by atoms with Crippen LogP contribution in [0.2, 0.25) is 5.02 Å². The van der Waals surface area contributed by atoms with Gasteiger partial charge in [0.1, 0.15) is 5.69 Å². The highest BCUT2D eigenvalue weighted by atomic mass is 35.5. The van der Waals surface area contributed by atoms with E-state index in [9.17, 15) is 4.79 Å². The number of nitrogens with zero attached hydrogens (tertiary/aromatic N) is 3. The molecule has 0 aromatic heterocycles. The highest BCUT2D eigenvalue weighted by Crippen LogP contribution is 2.24. The van der Waals surface area contributed by atoms with Gasteiger partial charge in [0.15, 0.2) is 0 Å². The number of benzene rings is 1. The van der Waals surface area contributed by atoms with Gasteiger partial charge in [-0.3, -0.25) is 0 Å². The quantitative estimate of drug-likeness (QED) is 0.586. The monoisotopic (exact) mass is 237 g/mol. The van der Waals surface area contributed by atoms with Crippen molar-refractivity contribution in [1.29, 1.82) is 0 Å². The molecule has 82 valence electrons. The molecule has 0 fully saturated rings. The number of carbonyl (C=O) groups excluding carboxylic acids is 1. The average molecular weight is 238 g/mol. The van der Waals surface area contributed by atoms with E-state index in [0.717, 1.165) is 0 Å². The zero-order chi connectivity index (χ0) is 11.5. The van der Waals surface area contributed by atoms with E-state index >= 15 is 0 Å². The Morgan fingerprint density at radius 1 is 1.44 bits per heavy atom. The van der Waals surface area contributed by atoms with E-state index in [1.165, 1.54) is 0 Å². The Kier molecular flexibility index (Phi) is 2.96. The largest absolute Gasteiger partial charge is 0.367 e. The topological polar surface area (TPSA) is 63.4 Å². The van der Waals surface area contributed by atoms with Crippen LogP contribution in [0.25, 0.3) is 0 Å². The summed E-state index contributed by atoms with van der Waals surface area (Å²) in [5.41, 5.74) is 0.998. The first-order valence-electron chi connectivity index (χ1n) is 4.59. The first kappa shape index (κ1) is 10.8. The van der Waals surface area contributed by atoms with E-state index in [-0.39, 0.29) is 0 Å². The number of oxime groups is 1. The Labute approximate surface area is 96.8 Å². The van der Waals surface area contributed by atoms with Gasteiger partial charge >= 0.3 is 5.97 Å². The normalized spacial score (nSPS) is 20.0. The third kappa shape index (κ3) is 2.09. The molecule has 0 bridgehead atoms. The molecule has 1 unspecified atom stereocenters. The van der Waals surface area contributed by atoms with Crippen molar-refractivity contribution in [3.63, 3.8) is 0 Å². The van der Waals surface area contributed by atoms with Crippen molar-refractivity contribution in [1.82, 2.24) is 0 Å². The van der Waals surface area contributed by atoms with Crippen molar-refractivity contribution in [2.45, 2.75) is 13.0 Å². The second-order valence-electron chi connectivity index (χ2n) is 3.21. The molecule has 1 aliphatic heterocycles. The summed E-state index contributed by atoms with van der Waals surface area (Å²) >= 11 is 5.88. The van der Waals surface area contributed by atoms with Crippen LogP contribution in [0.1, 0.15) is 6.92 Å². The molecule has 0 spiro atoms. The molecule has 1 heterocycles. The smallest absolute Gasteiger partial charge is 0.315 e. The summed E-state index contributed by atoms with van der Waals surface area (Å²) in [6, 6.07) is 6.23. The van der Waals surface area contributed by atoms with Gasteiger partial charge in [0.05, 0.1) is 10.7 Å². The first-order valence-corrected chi connectivity index (χ1v) is 4.97. The van der Waals surface area contributed by atoms with Gasteiger partial charge < -0.3 is 4.84 Å². The molecule has 0 aliphatic carbocycles. The Bertz CT molecular complexity index is 485. The van der Waals surface area contributed by atoms with Crippen LogP contribution in [0.5, 0.6) is 0 Å². The molecule has 0 saturated heterocycles. The maximum atomic E-state index is 11.2. The molecule has 16 heavy (non-hydrogen) atoms. The third-order valence-corrected chi connectivity index (χ3v) is 2.35. The Morgan fingerprint density at radius 2 is 2.19 bits per heavy atom. The summed E-state index contributed by atoms with van der Waals surface area (Å²) in [5.74, 6) is -0.520. The maximum absolute atomic E-state index is 11.2. The minimum absolute atomic E-state index is 0.479. The fourth-order valence-electron chi connectivity index (χ4n) is 1.17. The minimum Gasteiger partial charge on any atom is -0.315 e. The van der Waals surface area contributed by atoms with Crippen LogP contribution in [0, 0.1) is 0 Å². The standard InChI is InChI=1S/C10H8ClN3O2/c1-6-9(10(15)16-14-6)13-12-8-5-3-2-4-7(8)11/h2-5,9H,1H3. The van der Waals surface area contributed by atoms with Crippen LogP contribution >= 0.6 is 11.6 Å². The van der Waals surface area contributed by atoms with E-state index in [1.54, 1.807) is 31.2 Å². The van der Waals surface area contributed by atoms with Crippen LogP contribution < -0.4 is 0 Å². The molecule has 1 aliphatic rings. The average Bonchev–Trinajstić information content (AvgIpc) is 2.58. The van der Waals surface area contributed by atoms with Crippen LogP contribution in [0.15, 0.2) is 39.6 Å². The molecular weight excluding hydrogens is 230 g/mol. The molecular formula is C10H8ClN3O2. The zero-order valence-corrected chi connectivity index (χ0v) is 9.18. The zero-order valence-electron chi connectivity index (χ0n) is 8.42. The number of rotatable bonds is 2. The van der Waals surface area contributed by atoms with E-state index in [1.807, 2.05) is 0 Å². The summed E-state index contributed by atoms with van der Waals surface area (Å²) in [6.45, 7) is 1.65. The number of hydrogen-bond donors (Lipinski definition) is 0. The lowest BCUT2D eigenvalue weighted by atomic mass is 10.2. The minimum atomic E-state index is -0.753. The first-order chi connectivity index (χ1) is 7.68. The number of hydrogen-bond acceptors (Lipinski definition) is 5. The van der Waals surface area contributed by atoms with Crippen molar-refractivity contribution >= 4 is 29.0 Å². The summed E-state index contributed by atoms with van der Waals surface area (Å²) in [4.78, 5) is 15.6. The number of carbonyl (C=O) groups is 1. The lowest BCUT2D eigenvalue weighted by Gasteiger charge is -1.98. The summed E-state index contributed by atoms with van der Waals surface area (Å²) < 4.78 is 0. The van der Waals surface area contributed by atoms with Crippen LogP contribution in [0.3, 0.4) is 0 Å². The van der Waals surface area contributed by atoms with Gasteiger partial charge in [-0.05, 0) is 19.1 Å². The second-order valence-corrected chi connectivity index (χ2v) is 3.62. The summed E-state index contributed by atoms with van der Waals surface area (Å²) in [5, 5.41) is 11.7. The fourth-order valence-corrected chi connectivity index (χ4v) is 1.34. The van der Waals surface area contributed by atoms with E-state index in [2.05, 4.69) is 20.2 Å². The molecule has 1 atom stereocenters. The number of azo groups is 1. The van der Waals surface area contributed by atoms with E-state index < -0.39 is 12.0 Å². The molecule has 0 saturated carbocycles. The Balaban J connectivity index is 2.19. The van der Waals surface area contributed by atoms with Gasteiger partial charge in [0.2, 0.25) is 6.04 Å². The highest BCUT2D eigenvalue weighted by Gasteiger charge is 2.29. The van der Waals surface area contributed by atoms with Crippen LogP contribution in [-0.2, 0) is 9.63 Å². The molecule has 2 rings (SSSR count). The molecule has 0 amide bonds. The predicted molar refractivity (Wildman–Crippen MR) is 59.0 cm³/mol. The Morgan fingerprint density at radius 3 is 2.81 bits per heavy atom. The van der Waals surface area contributed by atoms with Gasteiger partial charge in [0.25, 0.3) is 0 Å². The Hall–Kier alpha value is -1.75. The summed E-state index contributed by atoms with van der Waals surface area (Å²) in [6.07, 6.45) is 0. The number of halogens is 1. The van der Waals surface area contributed by atoms with Crippen molar-refractivity contribution in [2.75, 3.05) is 0 Å². The SMILES string of the molecule is CC1=NOC(=O)C1N=Nc1ccccc1Cl. The maximum Gasteiger partial charge on any atom is 0.367 e.